The van der Waals surface area contributed by atoms with E-state index in [1.54, 1.807) is 18.3 Å². The van der Waals surface area contributed by atoms with Crippen molar-refractivity contribution >= 4 is 38.9 Å². The van der Waals surface area contributed by atoms with E-state index in [0.29, 0.717) is 5.11 Å². The summed E-state index contributed by atoms with van der Waals surface area (Å²) in [5.41, 5.74) is 2.73. The first-order valence-corrected chi connectivity index (χ1v) is 11.0. The molecule has 0 spiro atoms. The second-order valence-electron chi connectivity index (χ2n) is 7.22. The minimum atomic E-state index is -0.240. The van der Waals surface area contributed by atoms with E-state index in [-0.39, 0.29) is 17.8 Å². The lowest BCUT2D eigenvalue weighted by atomic mass is 10.0. The SMILES string of the molecule is Oc1ccc(N2C(=S)N[C@@H](c3ccccn3)[C@@H]2c2ccc(-c3ccc(Br)cc3)o2)cc1. The third kappa shape index (κ3) is 3.82. The van der Waals surface area contributed by atoms with E-state index in [1.807, 2.05) is 71.6 Å². The molecule has 2 atom stereocenters. The van der Waals surface area contributed by atoms with Crippen LogP contribution in [-0.2, 0) is 0 Å². The van der Waals surface area contributed by atoms with Crippen LogP contribution in [0.4, 0.5) is 5.69 Å². The van der Waals surface area contributed by atoms with E-state index in [0.717, 1.165) is 32.9 Å². The number of furan rings is 1. The zero-order valence-corrected chi connectivity index (χ0v) is 18.7. The molecule has 1 aliphatic rings. The van der Waals surface area contributed by atoms with Crippen LogP contribution in [0, 0.1) is 0 Å². The molecule has 2 aromatic heterocycles. The summed E-state index contributed by atoms with van der Waals surface area (Å²) in [5.74, 6) is 1.76. The van der Waals surface area contributed by atoms with Crippen LogP contribution in [0.3, 0.4) is 0 Å². The molecule has 1 aliphatic heterocycles. The Hall–Kier alpha value is -3.16. The van der Waals surface area contributed by atoms with Crippen molar-refractivity contribution in [3.05, 3.63) is 101 Å². The summed E-state index contributed by atoms with van der Waals surface area (Å²) in [6, 6.07) is 24.4. The minimum absolute atomic E-state index is 0.188. The molecule has 0 radical (unpaired) electrons. The lowest BCUT2D eigenvalue weighted by molar-refractivity contribution is 0.439. The molecule has 2 N–H and O–H groups in total. The number of halogens is 1. The van der Waals surface area contributed by atoms with Crippen molar-refractivity contribution in [3.63, 3.8) is 0 Å². The molecule has 0 unspecified atom stereocenters. The van der Waals surface area contributed by atoms with E-state index in [4.69, 9.17) is 16.6 Å². The van der Waals surface area contributed by atoms with Crippen LogP contribution in [0.15, 0.2) is 93.9 Å². The smallest absolute Gasteiger partial charge is 0.174 e. The molecule has 7 heteroatoms. The number of phenolic OH excluding ortho intramolecular Hbond substituents is 1. The highest BCUT2D eigenvalue weighted by atomic mass is 79.9. The molecular formula is C24H18BrN3O2S. The van der Waals surface area contributed by atoms with Gasteiger partial charge in [0.25, 0.3) is 0 Å². The van der Waals surface area contributed by atoms with Gasteiger partial charge in [-0.15, -0.1) is 0 Å². The number of rotatable bonds is 4. The van der Waals surface area contributed by atoms with Crippen LogP contribution in [0.2, 0.25) is 0 Å². The number of nitrogens with one attached hydrogen (secondary N) is 1. The van der Waals surface area contributed by atoms with E-state index in [9.17, 15) is 5.11 Å². The predicted octanol–water partition coefficient (Wildman–Crippen LogP) is 5.99. The van der Waals surface area contributed by atoms with Gasteiger partial charge in [0.1, 0.15) is 23.3 Å². The number of aromatic hydroxyl groups is 1. The number of anilines is 1. The summed E-state index contributed by atoms with van der Waals surface area (Å²) in [6.45, 7) is 0. The Balaban J connectivity index is 1.59. The minimum Gasteiger partial charge on any atom is -0.508 e. The number of phenols is 1. The molecule has 0 aliphatic carbocycles. The largest absolute Gasteiger partial charge is 0.508 e. The Kier molecular flexibility index (Phi) is 5.21. The quantitative estimate of drug-likeness (QED) is 0.342. The van der Waals surface area contributed by atoms with E-state index < -0.39 is 0 Å². The van der Waals surface area contributed by atoms with Crippen molar-refractivity contribution in [1.29, 1.82) is 0 Å². The second-order valence-corrected chi connectivity index (χ2v) is 8.52. The molecule has 2 aromatic carbocycles. The van der Waals surface area contributed by atoms with Gasteiger partial charge in [0.2, 0.25) is 0 Å². The highest BCUT2D eigenvalue weighted by Gasteiger charge is 2.42. The number of hydrogen-bond acceptors (Lipinski definition) is 4. The summed E-state index contributed by atoms with van der Waals surface area (Å²) in [4.78, 5) is 6.56. The van der Waals surface area contributed by atoms with Gasteiger partial charge >= 0.3 is 0 Å². The molecule has 0 saturated carbocycles. The van der Waals surface area contributed by atoms with Crippen LogP contribution >= 0.6 is 28.1 Å². The van der Waals surface area contributed by atoms with Crippen molar-refractivity contribution in [3.8, 4) is 17.1 Å². The highest BCUT2D eigenvalue weighted by Crippen LogP contribution is 2.43. The Morgan fingerprint density at radius 2 is 1.74 bits per heavy atom. The molecule has 5 rings (SSSR count). The van der Waals surface area contributed by atoms with Gasteiger partial charge < -0.3 is 19.7 Å². The summed E-state index contributed by atoms with van der Waals surface area (Å²) in [7, 11) is 0. The summed E-state index contributed by atoms with van der Waals surface area (Å²) in [6.07, 6.45) is 1.77. The van der Waals surface area contributed by atoms with Gasteiger partial charge in [0.05, 0.1) is 11.7 Å². The summed E-state index contributed by atoms with van der Waals surface area (Å²) >= 11 is 9.17. The zero-order valence-electron chi connectivity index (χ0n) is 16.3. The van der Waals surface area contributed by atoms with Crippen LogP contribution in [0.25, 0.3) is 11.3 Å². The van der Waals surface area contributed by atoms with Gasteiger partial charge in [0, 0.05) is 21.9 Å². The van der Waals surface area contributed by atoms with Crippen LogP contribution in [-0.4, -0.2) is 15.2 Å². The fourth-order valence-electron chi connectivity index (χ4n) is 3.82. The normalized spacial score (nSPS) is 18.2. The van der Waals surface area contributed by atoms with Gasteiger partial charge in [-0.3, -0.25) is 4.98 Å². The number of aromatic nitrogens is 1. The molecule has 0 bridgehead atoms. The Morgan fingerprint density at radius 1 is 0.968 bits per heavy atom. The maximum atomic E-state index is 9.73. The van der Waals surface area contributed by atoms with E-state index in [2.05, 4.69) is 26.2 Å². The van der Waals surface area contributed by atoms with Crippen LogP contribution in [0.1, 0.15) is 23.5 Å². The van der Waals surface area contributed by atoms with Gasteiger partial charge in [0.15, 0.2) is 5.11 Å². The van der Waals surface area contributed by atoms with Gasteiger partial charge in [-0.05, 0) is 72.9 Å². The van der Waals surface area contributed by atoms with Gasteiger partial charge in [-0.2, -0.15) is 0 Å². The first-order valence-electron chi connectivity index (χ1n) is 9.75. The standard InChI is InChI=1S/C24H18BrN3O2S/c25-16-6-4-15(5-7-16)20-12-13-21(30-20)23-22(19-3-1-2-14-26-19)27-24(31)28(23)17-8-10-18(29)11-9-17/h1-14,22-23,29H,(H,27,31)/t22-,23-/m0/s1. The van der Waals surface area contributed by atoms with E-state index >= 15 is 0 Å². The van der Waals surface area contributed by atoms with Gasteiger partial charge in [-0.25, -0.2) is 0 Å². The van der Waals surface area contributed by atoms with Crippen molar-refractivity contribution < 1.29 is 9.52 Å². The topological polar surface area (TPSA) is 61.5 Å². The van der Waals surface area contributed by atoms with Crippen LogP contribution in [0.5, 0.6) is 5.75 Å². The Bertz CT molecular complexity index is 1210. The molecule has 1 fully saturated rings. The lowest BCUT2D eigenvalue weighted by Crippen LogP contribution is -2.29. The highest BCUT2D eigenvalue weighted by molar-refractivity contribution is 9.10. The number of nitrogens with zero attached hydrogens (tertiary/aromatic N) is 2. The molecule has 154 valence electrons. The predicted molar refractivity (Wildman–Crippen MR) is 128 cm³/mol. The van der Waals surface area contributed by atoms with Crippen molar-refractivity contribution in [2.24, 2.45) is 0 Å². The molecule has 5 nitrogen and oxygen atoms in total. The maximum absolute atomic E-state index is 9.73. The zero-order chi connectivity index (χ0) is 21.4. The van der Waals surface area contributed by atoms with Crippen molar-refractivity contribution in [1.82, 2.24) is 10.3 Å². The average molecular weight is 492 g/mol. The van der Waals surface area contributed by atoms with Crippen LogP contribution < -0.4 is 10.2 Å². The number of thiocarbonyl (C=S) groups is 1. The number of benzene rings is 2. The molecule has 31 heavy (non-hydrogen) atoms. The van der Waals surface area contributed by atoms with Gasteiger partial charge in [-0.1, -0.05) is 34.1 Å². The number of hydrogen-bond donors (Lipinski definition) is 2. The van der Waals surface area contributed by atoms with Crippen molar-refractivity contribution in [2.75, 3.05) is 4.90 Å². The molecule has 0 amide bonds. The lowest BCUT2D eigenvalue weighted by Gasteiger charge is -2.26. The molecule has 4 aromatic rings. The summed E-state index contributed by atoms with van der Waals surface area (Å²) < 4.78 is 7.35. The molecular weight excluding hydrogens is 474 g/mol. The molecule has 1 saturated heterocycles. The Labute approximate surface area is 193 Å². The fraction of sp³-hybridized carbons (Fsp3) is 0.0833. The Morgan fingerprint density at radius 3 is 2.45 bits per heavy atom. The third-order valence-corrected chi connectivity index (χ3v) is 6.12. The monoisotopic (exact) mass is 491 g/mol. The maximum Gasteiger partial charge on any atom is 0.174 e. The van der Waals surface area contributed by atoms with Crippen molar-refractivity contribution in [2.45, 2.75) is 12.1 Å². The third-order valence-electron chi connectivity index (χ3n) is 5.27. The summed E-state index contributed by atoms with van der Waals surface area (Å²) in [5, 5.41) is 13.7. The fourth-order valence-corrected chi connectivity index (χ4v) is 4.43. The first-order chi connectivity index (χ1) is 15.1. The second kappa shape index (κ2) is 8.17. The van der Waals surface area contributed by atoms with E-state index in [1.165, 1.54) is 0 Å². The first kappa shape index (κ1) is 19.8. The molecule has 3 heterocycles. The number of pyridine rings is 1. The average Bonchev–Trinajstić information content (AvgIpc) is 3.40.